The molecule has 1 N–H and O–H groups in total. The second-order valence-corrected chi connectivity index (χ2v) is 7.99. The molecule has 1 aliphatic rings. The van der Waals surface area contributed by atoms with E-state index < -0.39 is 0 Å². The number of carbonyl (C=O) groups is 1. The van der Waals surface area contributed by atoms with E-state index in [0.29, 0.717) is 15.8 Å². The Balaban J connectivity index is 1.57. The zero-order valence-corrected chi connectivity index (χ0v) is 16.3. The Bertz CT molecular complexity index is 1220. The number of thiophene rings is 1. The number of carbonyl (C=O) groups excluding carboxylic acids is 1. The van der Waals surface area contributed by atoms with Crippen LogP contribution >= 0.6 is 22.9 Å². The van der Waals surface area contributed by atoms with Crippen LogP contribution in [0.25, 0.3) is 10.2 Å². The minimum atomic E-state index is -0.250. The number of anilines is 3. The quantitative estimate of drug-likeness (QED) is 0.409. The highest BCUT2D eigenvalue weighted by Crippen LogP contribution is 2.48. The number of hydrogen-bond acceptors (Lipinski definition) is 4. The maximum Gasteiger partial charge on any atom is 0.331 e. The molecular formula is C21H14ClN3O2S. The summed E-state index contributed by atoms with van der Waals surface area (Å²) in [6, 6.07) is 16.8. The number of amides is 2. The van der Waals surface area contributed by atoms with E-state index in [4.69, 9.17) is 16.3 Å². The van der Waals surface area contributed by atoms with Crippen molar-refractivity contribution in [3.63, 3.8) is 0 Å². The monoisotopic (exact) mass is 407 g/mol. The van der Waals surface area contributed by atoms with Gasteiger partial charge in [0.15, 0.2) is 0 Å². The molecule has 0 bridgehead atoms. The van der Waals surface area contributed by atoms with Crippen LogP contribution in [-0.4, -0.2) is 11.0 Å². The van der Waals surface area contributed by atoms with Crippen LogP contribution < -0.4 is 15.0 Å². The van der Waals surface area contributed by atoms with Gasteiger partial charge in [-0.1, -0.05) is 29.8 Å². The lowest BCUT2D eigenvalue weighted by atomic mass is 10.1. The van der Waals surface area contributed by atoms with E-state index in [0.717, 1.165) is 32.9 Å². The van der Waals surface area contributed by atoms with E-state index in [2.05, 4.69) is 10.3 Å². The smallest absolute Gasteiger partial charge is 0.331 e. The molecule has 28 heavy (non-hydrogen) atoms. The largest absolute Gasteiger partial charge is 0.457 e. The third-order valence-corrected chi connectivity index (χ3v) is 5.90. The molecule has 3 heterocycles. The summed E-state index contributed by atoms with van der Waals surface area (Å²) in [5.41, 5.74) is 3.09. The van der Waals surface area contributed by atoms with Crippen molar-refractivity contribution in [3.05, 3.63) is 70.7 Å². The number of nitrogens with one attached hydrogen (secondary N) is 1. The molecule has 138 valence electrons. The average Bonchev–Trinajstić information content (AvgIpc) is 3.00. The zero-order chi connectivity index (χ0) is 19.3. The fourth-order valence-corrected chi connectivity index (χ4v) is 4.56. The van der Waals surface area contributed by atoms with E-state index >= 15 is 0 Å². The van der Waals surface area contributed by atoms with Crippen molar-refractivity contribution in [2.24, 2.45) is 0 Å². The van der Waals surface area contributed by atoms with Crippen molar-refractivity contribution in [2.75, 3.05) is 10.2 Å². The van der Waals surface area contributed by atoms with E-state index in [1.807, 2.05) is 61.5 Å². The molecule has 0 radical (unpaired) electrons. The van der Waals surface area contributed by atoms with Gasteiger partial charge in [0, 0.05) is 6.20 Å². The summed E-state index contributed by atoms with van der Waals surface area (Å²) in [6.45, 7) is 1.95. The lowest BCUT2D eigenvalue weighted by molar-refractivity contribution is 0.259. The van der Waals surface area contributed by atoms with Gasteiger partial charge in [-0.3, -0.25) is 4.90 Å². The fraction of sp³-hybridized carbons (Fsp3) is 0.0476. The van der Waals surface area contributed by atoms with E-state index in [9.17, 15) is 4.79 Å². The first-order valence-corrected chi connectivity index (χ1v) is 9.83. The van der Waals surface area contributed by atoms with Crippen LogP contribution in [0.1, 0.15) is 5.56 Å². The molecule has 0 unspecified atom stereocenters. The maximum atomic E-state index is 12.9. The molecule has 0 saturated heterocycles. The highest BCUT2D eigenvalue weighted by Gasteiger charge is 2.31. The van der Waals surface area contributed by atoms with Crippen LogP contribution in [0, 0.1) is 6.92 Å². The summed E-state index contributed by atoms with van der Waals surface area (Å²) in [4.78, 5) is 19.7. The molecule has 5 nitrogen and oxygen atoms in total. The highest BCUT2D eigenvalue weighted by atomic mass is 35.5. The zero-order valence-electron chi connectivity index (χ0n) is 14.8. The molecule has 7 heteroatoms. The minimum absolute atomic E-state index is 0.250. The number of benzene rings is 2. The predicted molar refractivity (Wildman–Crippen MR) is 113 cm³/mol. The molecular weight excluding hydrogens is 394 g/mol. The molecule has 2 aromatic heterocycles. The van der Waals surface area contributed by atoms with Crippen LogP contribution in [-0.2, 0) is 0 Å². The van der Waals surface area contributed by atoms with Gasteiger partial charge in [-0.05, 0) is 48.9 Å². The maximum absolute atomic E-state index is 12.9. The predicted octanol–water partition coefficient (Wildman–Crippen LogP) is 6.73. The van der Waals surface area contributed by atoms with E-state index in [1.165, 1.54) is 11.3 Å². The number of pyridine rings is 1. The van der Waals surface area contributed by atoms with Crippen molar-refractivity contribution in [1.82, 2.24) is 4.98 Å². The summed E-state index contributed by atoms with van der Waals surface area (Å²) in [7, 11) is 0. The number of hydrogen-bond donors (Lipinski definition) is 1. The second kappa shape index (κ2) is 6.51. The van der Waals surface area contributed by atoms with Gasteiger partial charge in [-0.25, -0.2) is 9.78 Å². The first-order valence-electron chi connectivity index (χ1n) is 8.63. The van der Waals surface area contributed by atoms with Crippen LogP contribution in [0.2, 0.25) is 4.34 Å². The minimum Gasteiger partial charge on any atom is -0.457 e. The molecule has 0 atom stereocenters. The average molecular weight is 408 g/mol. The molecule has 4 aromatic rings. The third-order valence-electron chi connectivity index (χ3n) is 4.59. The van der Waals surface area contributed by atoms with Crippen molar-refractivity contribution < 1.29 is 9.53 Å². The summed E-state index contributed by atoms with van der Waals surface area (Å²) in [5, 5.41) is 3.76. The third kappa shape index (κ3) is 2.69. The van der Waals surface area contributed by atoms with Crippen molar-refractivity contribution >= 4 is 56.2 Å². The number of urea groups is 1. The fourth-order valence-electron chi connectivity index (χ4n) is 3.36. The first kappa shape index (κ1) is 17.0. The number of nitrogens with zero attached hydrogens (tertiary/aromatic N) is 2. The van der Waals surface area contributed by atoms with Gasteiger partial charge in [-0.15, -0.1) is 11.3 Å². The van der Waals surface area contributed by atoms with E-state index in [1.54, 1.807) is 11.1 Å². The molecule has 2 aromatic carbocycles. The summed E-state index contributed by atoms with van der Waals surface area (Å²) in [6.07, 6.45) is 1.70. The Morgan fingerprint density at radius 1 is 1.07 bits per heavy atom. The Morgan fingerprint density at radius 3 is 2.68 bits per heavy atom. The topological polar surface area (TPSA) is 54.5 Å². The number of ether oxygens (including phenoxy) is 1. The van der Waals surface area contributed by atoms with Gasteiger partial charge < -0.3 is 10.1 Å². The van der Waals surface area contributed by atoms with Gasteiger partial charge >= 0.3 is 6.03 Å². The lowest BCUT2D eigenvalue weighted by Crippen LogP contribution is -2.34. The summed E-state index contributed by atoms with van der Waals surface area (Å²) < 4.78 is 6.43. The number of halogens is 1. The van der Waals surface area contributed by atoms with Gasteiger partial charge in [-0.2, -0.15) is 0 Å². The van der Waals surface area contributed by atoms with Crippen LogP contribution in [0.15, 0.2) is 60.8 Å². The molecule has 0 saturated carbocycles. The molecule has 0 fully saturated rings. The summed E-state index contributed by atoms with van der Waals surface area (Å²) in [5.74, 6) is 1.47. The number of rotatable bonds is 3. The Kier molecular flexibility index (Phi) is 3.96. The van der Waals surface area contributed by atoms with Crippen LogP contribution in [0.5, 0.6) is 11.5 Å². The Hall–Kier alpha value is -3.09. The molecule has 0 spiro atoms. The number of aryl methyl sites for hydroxylation is 1. The van der Waals surface area contributed by atoms with Crippen molar-refractivity contribution in [1.29, 1.82) is 0 Å². The number of aromatic nitrogens is 1. The number of para-hydroxylation sites is 1. The van der Waals surface area contributed by atoms with Crippen molar-refractivity contribution in [3.8, 4) is 11.5 Å². The van der Waals surface area contributed by atoms with E-state index in [-0.39, 0.29) is 6.03 Å². The van der Waals surface area contributed by atoms with Gasteiger partial charge in [0.2, 0.25) is 0 Å². The van der Waals surface area contributed by atoms with Gasteiger partial charge in [0.1, 0.15) is 20.7 Å². The van der Waals surface area contributed by atoms with Crippen molar-refractivity contribution in [2.45, 2.75) is 6.92 Å². The molecule has 0 aliphatic carbocycles. The standard InChI is InChI=1S/C21H14ClN3O2S/c1-12-11-14(27-13-5-3-2-4-6-13)7-8-15(12)25-16-9-10-23-20-17(16)18(19(22)28-20)24-21(25)26/h2-11H,1H3,(H,24,26). The van der Waals surface area contributed by atoms with Crippen LogP contribution in [0.4, 0.5) is 21.9 Å². The van der Waals surface area contributed by atoms with Gasteiger partial charge in [0.25, 0.3) is 0 Å². The Labute approximate surface area is 170 Å². The second-order valence-electron chi connectivity index (χ2n) is 6.39. The lowest BCUT2D eigenvalue weighted by Gasteiger charge is -2.29. The van der Waals surface area contributed by atoms with Gasteiger partial charge in [0.05, 0.1) is 22.4 Å². The Morgan fingerprint density at radius 2 is 1.89 bits per heavy atom. The first-order chi connectivity index (χ1) is 13.6. The molecule has 5 rings (SSSR count). The normalized spacial score (nSPS) is 12.9. The van der Waals surface area contributed by atoms with Crippen LogP contribution in [0.3, 0.4) is 0 Å². The summed E-state index contributed by atoms with van der Waals surface area (Å²) >= 11 is 7.65. The molecule has 2 amide bonds. The molecule has 1 aliphatic heterocycles. The SMILES string of the molecule is Cc1cc(Oc2ccccc2)ccc1N1C(=O)Nc2c(Cl)sc3nccc1c23. The highest BCUT2D eigenvalue weighted by molar-refractivity contribution is 7.23.